The molecule has 3 aromatic heterocycles. The quantitative estimate of drug-likeness (QED) is 0.341. The number of pyridine rings is 3. The summed E-state index contributed by atoms with van der Waals surface area (Å²) in [5.41, 5.74) is 7.61. The van der Waals surface area contributed by atoms with Gasteiger partial charge in [-0.25, -0.2) is 28.2 Å². The highest BCUT2D eigenvalue weighted by molar-refractivity contribution is 7.91. The van der Waals surface area contributed by atoms with Crippen molar-refractivity contribution in [2.75, 3.05) is 25.3 Å². The first-order valence-corrected chi connectivity index (χ1v) is 15.1. The summed E-state index contributed by atoms with van der Waals surface area (Å²) >= 11 is 0. The van der Waals surface area contributed by atoms with E-state index < -0.39 is 26.7 Å². The van der Waals surface area contributed by atoms with E-state index in [0.717, 1.165) is 10.9 Å². The van der Waals surface area contributed by atoms with Gasteiger partial charge in [0.25, 0.3) is 0 Å². The molecule has 0 fully saturated rings. The molecule has 0 saturated carbocycles. The minimum atomic E-state index is -3.20. The number of aromatic nitrogens is 3. The predicted molar refractivity (Wildman–Crippen MR) is 153 cm³/mol. The third-order valence-electron chi connectivity index (χ3n) is 7.33. The van der Waals surface area contributed by atoms with Crippen LogP contribution in [0.2, 0.25) is 0 Å². The van der Waals surface area contributed by atoms with Crippen LogP contribution in [0.3, 0.4) is 0 Å². The average molecular weight is 572 g/mol. The smallest absolute Gasteiger partial charge is 0.340 e. The zero-order chi connectivity index (χ0) is 29.4. The molecule has 1 aliphatic rings. The summed E-state index contributed by atoms with van der Waals surface area (Å²) in [5.74, 6) is 0.920. The number of hydrogen-bond donors (Lipinski definition) is 2. The monoisotopic (exact) mass is 571 g/mol. The van der Waals surface area contributed by atoms with Crippen molar-refractivity contribution in [2.24, 2.45) is 5.73 Å². The second kappa shape index (κ2) is 11.3. The fourth-order valence-corrected chi connectivity index (χ4v) is 5.36. The molecular formula is C28H37N5O6S. The zero-order valence-corrected chi connectivity index (χ0v) is 24.7. The van der Waals surface area contributed by atoms with E-state index in [1.165, 1.54) is 6.26 Å². The van der Waals surface area contributed by atoms with Gasteiger partial charge in [0.2, 0.25) is 5.88 Å². The van der Waals surface area contributed by atoms with Crippen molar-refractivity contribution in [1.82, 2.24) is 15.0 Å². The number of methoxy groups -OCH3 is 1. The molecule has 216 valence electrons. The van der Waals surface area contributed by atoms with Crippen LogP contribution in [0.1, 0.15) is 68.6 Å². The largest absolute Gasteiger partial charge is 0.474 e. The Bertz CT molecular complexity index is 1530. The number of ether oxygens (including phenoxy) is 3. The highest BCUT2D eigenvalue weighted by Crippen LogP contribution is 2.35. The number of nitrogens with one attached hydrogen (secondary N) is 1. The molecule has 11 nitrogen and oxygen atoms in total. The number of cyclic esters (lactones) is 1. The predicted octanol–water partition coefficient (Wildman–Crippen LogP) is 3.84. The Morgan fingerprint density at radius 1 is 1.15 bits per heavy atom. The van der Waals surface area contributed by atoms with E-state index in [-0.39, 0.29) is 24.6 Å². The van der Waals surface area contributed by atoms with Gasteiger partial charge < -0.3 is 25.3 Å². The maximum Gasteiger partial charge on any atom is 0.340 e. The summed E-state index contributed by atoms with van der Waals surface area (Å²) in [6.07, 6.45) is 4.12. The summed E-state index contributed by atoms with van der Waals surface area (Å²) in [4.78, 5) is 26.1. The molecular weight excluding hydrogens is 534 g/mol. The molecule has 4 heterocycles. The number of nitrogens with zero attached hydrogens (tertiary/aromatic N) is 3. The van der Waals surface area contributed by atoms with Gasteiger partial charge in [0.1, 0.15) is 27.6 Å². The highest BCUT2D eigenvalue weighted by Gasteiger charge is 2.32. The van der Waals surface area contributed by atoms with Crippen LogP contribution < -0.4 is 15.8 Å². The fraction of sp³-hybridized carbons (Fsp3) is 0.500. The van der Waals surface area contributed by atoms with Gasteiger partial charge >= 0.3 is 5.97 Å². The van der Waals surface area contributed by atoms with E-state index in [1.54, 1.807) is 38.6 Å². The molecule has 5 atom stereocenters. The Morgan fingerprint density at radius 2 is 1.88 bits per heavy atom. The number of esters is 1. The molecule has 0 amide bonds. The van der Waals surface area contributed by atoms with Crippen LogP contribution in [-0.4, -0.2) is 66.8 Å². The third kappa shape index (κ3) is 6.18. The van der Waals surface area contributed by atoms with Crippen LogP contribution in [-0.2, 0) is 24.8 Å². The topological polar surface area (TPSA) is 156 Å². The molecule has 0 aliphatic carbocycles. The third-order valence-corrected chi connectivity index (χ3v) is 8.99. The number of anilines is 2. The molecule has 0 aromatic carbocycles. The fourth-order valence-electron chi connectivity index (χ4n) is 4.74. The van der Waals surface area contributed by atoms with Crippen molar-refractivity contribution in [3.05, 3.63) is 47.4 Å². The summed E-state index contributed by atoms with van der Waals surface area (Å²) in [5, 5.41) is 4.04. The van der Waals surface area contributed by atoms with Crippen molar-refractivity contribution in [3.8, 4) is 5.88 Å². The standard InChI is InChI=1S/C28H37N5O6S/c1-15(10-16(2)40(7,35)36)38-26-21-12-30-24(11-20(21)22(13-31-26)28(5,29)14-37-6)32-23-9-8-19-25(33-23)17(3)18(4)39-27(19)34/h8-9,11-13,15-18H,10,14,29H2,1-7H3,(H,30,32,33)/t15-,16-,17+,18+,28?/m1/s1. The zero-order valence-electron chi connectivity index (χ0n) is 23.9. The molecule has 40 heavy (non-hydrogen) atoms. The lowest BCUT2D eigenvalue weighted by atomic mass is 9.91. The molecule has 12 heteroatoms. The van der Waals surface area contributed by atoms with Crippen LogP contribution in [0.4, 0.5) is 11.6 Å². The summed E-state index contributed by atoms with van der Waals surface area (Å²) < 4.78 is 40.7. The van der Waals surface area contributed by atoms with E-state index in [0.29, 0.717) is 40.6 Å². The summed E-state index contributed by atoms with van der Waals surface area (Å²) in [6, 6.07) is 5.25. The Hall–Kier alpha value is -3.35. The lowest BCUT2D eigenvalue weighted by molar-refractivity contribution is 0.0235. The molecule has 0 radical (unpaired) electrons. The average Bonchev–Trinajstić information content (AvgIpc) is 2.86. The second-order valence-corrected chi connectivity index (χ2v) is 13.4. The van der Waals surface area contributed by atoms with E-state index in [2.05, 4.69) is 15.3 Å². The number of hydrogen-bond acceptors (Lipinski definition) is 11. The van der Waals surface area contributed by atoms with Gasteiger partial charge in [-0.05, 0) is 51.3 Å². The summed E-state index contributed by atoms with van der Waals surface area (Å²) in [6.45, 7) is 9.38. The lowest BCUT2D eigenvalue weighted by Gasteiger charge is -2.27. The van der Waals surface area contributed by atoms with E-state index in [4.69, 9.17) is 24.9 Å². The van der Waals surface area contributed by atoms with E-state index >= 15 is 0 Å². The Labute approximate surface area is 234 Å². The first kappa shape index (κ1) is 29.6. The first-order valence-electron chi connectivity index (χ1n) is 13.1. The van der Waals surface area contributed by atoms with Crippen LogP contribution in [0.15, 0.2) is 30.6 Å². The number of carbonyl (C=O) groups is 1. The van der Waals surface area contributed by atoms with Gasteiger partial charge in [0.15, 0.2) is 0 Å². The molecule has 4 rings (SSSR count). The first-order chi connectivity index (χ1) is 18.7. The molecule has 3 aromatic rings. The molecule has 1 unspecified atom stereocenters. The Kier molecular flexibility index (Phi) is 8.34. The lowest BCUT2D eigenvalue weighted by Crippen LogP contribution is -2.38. The van der Waals surface area contributed by atoms with Crippen molar-refractivity contribution in [1.29, 1.82) is 0 Å². The van der Waals surface area contributed by atoms with Gasteiger partial charge in [-0.3, -0.25) is 0 Å². The molecule has 0 bridgehead atoms. The van der Waals surface area contributed by atoms with Gasteiger partial charge in [0.05, 0.1) is 40.1 Å². The van der Waals surface area contributed by atoms with Gasteiger partial charge in [-0.1, -0.05) is 6.92 Å². The van der Waals surface area contributed by atoms with E-state index in [1.807, 2.05) is 33.8 Å². The van der Waals surface area contributed by atoms with Crippen LogP contribution >= 0.6 is 0 Å². The highest BCUT2D eigenvalue weighted by atomic mass is 32.2. The van der Waals surface area contributed by atoms with Crippen molar-refractivity contribution in [2.45, 2.75) is 70.0 Å². The minimum Gasteiger partial charge on any atom is -0.474 e. The van der Waals surface area contributed by atoms with Gasteiger partial charge in [-0.2, -0.15) is 0 Å². The molecule has 0 saturated heterocycles. The van der Waals surface area contributed by atoms with Crippen LogP contribution in [0.5, 0.6) is 5.88 Å². The van der Waals surface area contributed by atoms with Crippen molar-refractivity contribution in [3.63, 3.8) is 0 Å². The maximum absolute atomic E-state index is 12.3. The van der Waals surface area contributed by atoms with Crippen LogP contribution in [0.25, 0.3) is 10.8 Å². The Balaban J connectivity index is 1.72. The normalized spacial score (nSPS) is 20.2. The molecule has 0 spiro atoms. The summed E-state index contributed by atoms with van der Waals surface area (Å²) in [7, 11) is -1.62. The van der Waals surface area contributed by atoms with Gasteiger partial charge in [-0.15, -0.1) is 0 Å². The molecule has 3 N–H and O–H groups in total. The maximum atomic E-state index is 12.3. The van der Waals surface area contributed by atoms with Gasteiger partial charge in [0, 0.05) is 43.7 Å². The SMILES string of the molecule is COCC(C)(N)c1cnc(O[C@H](C)C[C@@H](C)S(C)(=O)=O)c2cnc(Nc3ccc4c(n3)[C@@H](C)[C@H](C)OC4=O)cc12. The Morgan fingerprint density at radius 3 is 2.55 bits per heavy atom. The second-order valence-electron chi connectivity index (χ2n) is 10.9. The number of rotatable bonds is 10. The number of nitrogens with two attached hydrogens (primary N) is 1. The number of fused-ring (bicyclic) bond motifs is 2. The minimum absolute atomic E-state index is 0.0595. The van der Waals surface area contributed by atoms with Crippen LogP contribution in [0, 0.1) is 0 Å². The molecule has 1 aliphatic heterocycles. The van der Waals surface area contributed by atoms with Crippen molar-refractivity contribution >= 4 is 38.2 Å². The number of carbonyl (C=O) groups excluding carboxylic acids is 1. The van der Waals surface area contributed by atoms with E-state index in [9.17, 15) is 13.2 Å². The number of sulfone groups is 1. The van der Waals surface area contributed by atoms with Crippen molar-refractivity contribution < 1.29 is 27.4 Å².